The van der Waals surface area contributed by atoms with Gasteiger partial charge < -0.3 is 5.32 Å². The van der Waals surface area contributed by atoms with Gasteiger partial charge in [0, 0.05) is 5.69 Å². The summed E-state index contributed by atoms with van der Waals surface area (Å²) in [5.41, 5.74) is 0.754. The zero-order valence-corrected chi connectivity index (χ0v) is 11.1. The van der Waals surface area contributed by atoms with Crippen LogP contribution in [0.2, 0.25) is 0 Å². The highest BCUT2D eigenvalue weighted by Crippen LogP contribution is 2.26. The number of hydrogen-bond donors (Lipinski definition) is 1. The minimum absolute atomic E-state index is 0.00450. The Labute approximate surface area is 121 Å². The van der Waals surface area contributed by atoms with Crippen molar-refractivity contribution >= 4 is 23.2 Å². The third kappa shape index (κ3) is 2.50. The molecule has 1 N–H and O–H groups in total. The second kappa shape index (κ2) is 5.36. The summed E-state index contributed by atoms with van der Waals surface area (Å²) in [6.07, 6.45) is 0.0159. The number of anilines is 2. The van der Waals surface area contributed by atoms with Gasteiger partial charge in [0.25, 0.3) is 5.91 Å². The number of carbonyl (C=O) groups excluding carboxylic acids is 2. The van der Waals surface area contributed by atoms with E-state index in [4.69, 9.17) is 0 Å². The molecule has 0 aliphatic carbocycles. The Morgan fingerprint density at radius 3 is 2.38 bits per heavy atom. The zero-order valence-electron chi connectivity index (χ0n) is 11.1. The summed E-state index contributed by atoms with van der Waals surface area (Å²) in [5.74, 6) is -1.42. The summed E-state index contributed by atoms with van der Waals surface area (Å²) in [6, 6.07) is 14.2. The minimum atomic E-state index is -0.667. The number of amides is 2. The van der Waals surface area contributed by atoms with Gasteiger partial charge in [-0.25, -0.2) is 9.29 Å². The Kier molecular flexibility index (Phi) is 3.39. The van der Waals surface area contributed by atoms with E-state index in [2.05, 4.69) is 5.32 Å². The molecule has 4 nitrogen and oxygen atoms in total. The summed E-state index contributed by atoms with van der Waals surface area (Å²) >= 11 is 0. The predicted molar refractivity (Wildman–Crippen MR) is 77.4 cm³/mol. The highest BCUT2D eigenvalue weighted by molar-refractivity contribution is 6.23. The molecule has 2 aromatic rings. The minimum Gasteiger partial charge on any atom is -0.373 e. The highest BCUT2D eigenvalue weighted by atomic mass is 19.1. The third-order valence-corrected chi connectivity index (χ3v) is 3.35. The van der Waals surface area contributed by atoms with Crippen molar-refractivity contribution < 1.29 is 14.0 Å². The smallest absolute Gasteiger partial charge is 0.256 e. The predicted octanol–water partition coefficient (Wildman–Crippen LogP) is 2.57. The standard InChI is InChI=1S/C16H13FN2O2/c17-12-8-4-5-9-14(12)19-15(20)10-13(16(19)21)18-11-6-2-1-3-7-11/h1-9,13,18H,10H2/t13-/m0/s1. The number of rotatable bonds is 3. The molecule has 1 atom stereocenters. The molecule has 0 aromatic heterocycles. The molecule has 0 bridgehead atoms. The van der Waals surface area contributed by atoms with Gasteiger partial charge in [0.15, 0.2) is 0 Å². The van der Waals surface area contributed by atoms with Crippen molar-refractivity contribution in [1.82, 2.24) is 0 Å². The molecule has 1 heterocycles. The van der Waals surface area contributed by atoms with E-state index in [-0.39, 0.29) is 12.1 Å². The molecule has 1 saturated heterocycles. The lowest BCUT2D eigenvalue weighted by Gasteiger charge is -2.16. The molecule has 3 rings (SSSR count). The van der Waals surface area contributed by atoms with Crippen LogP contribution in [-0.4, -0.2) is 17.9 Å². The molecule has 5 heteroatoms. The first-order valence-corrected chi connectivity index (χ1v) is 6.60. The number of nitrogens with zero attached hydrogens (tertiary/aromatic N) is 1. The van der Waals surface area contributed by atoms with E-state index in [1.54, 1.807) is 6.07 Å². The van der Waals surface area contributed by atoms with Crippen LogP contribution in [0.4, 0.5) is 15.8 Å². The largest absolute Gasteiger partial charge is 0.373 e. The van der Waals surface area contributed by atoms with Gasteiger partial charge in [-0.05, 0) is 24.3 Å². The maximum Gasteiger partial charge on any atom is 0.256 e. The van der Waals surface area contributed by atoms with Crippen LogP contribution in [0.1, 0.15) is 6.42 Å². The molecule has 0 spiro atoms. The van der Waals surface area contributed by atoms with E-state index in [9.17, 15) is 14.0 Å². The van der Waals surface area contributed by atoms with Crippen LogP contribution in [0.15, 0.2) is 54.6 Å². The quantitative estimate of drug-likeness (QED) is 0.881. The first-order chi connectivity index (χ1) is 10.2. The Morgan fingerprint density at radius 1 is 1.00 bits per heavy atom. The van der Waals surface area contributed by atoms with Gasteiger partial charge in [-0.3, -0.25) is 9.59 Å². The lowest BCUT2D eigenvalue weighted by atomic mass is 10.2. The molecule has 21 heavy (non-hydrogen) atoms. The summed E-state index contributed by atoms with van der Waals surface area (Å²) in [4.78, 5) is 25.3. The molecule has 1 fully saturated rings. The van der Waals surface area contributed by atoms with E-state index < -0.39 is 23.7 Å². The van der Waals surface area contributed by atoms with Crippen LogP contribution in [0.5, 0.6) is 0 Å². The second-order valence-electron chi connectivity index (χ2n) is 4.79. The molecule has 1 aliphatic heterocycles. The molecule has 2 amide bonds. The van der Waals surface area contributed by atoms with Gasteiger partial charge in [-0.15, -0.1) is 0 Å². The average molecular weight is 284 g/mol. The third-order valence-electron chi connectivity index (χ3n) is 3.35. The van der Waals surface area contributed by atoms with Crippen molar-refractivity contribution in [3.63, 3.8) is 0 Å². The second-order valence-corrected chi connectivity index (χ2v) is 4.79. The first-order valence-electron chi connectivity index (χ1n) is 6.60. The maximum atomic E-state index is 13.8. The Bertz CT molecular complexity index is 688. The van der Waals surface area contributed by atoms with Crippen molar-refractivity contribution in [3.8, 4) is 0 Å². The van der Waals surface area contributed by atoms with Gasteiger partial charge in [0.1, 0.15) is 11.9 Å². The molecule has 0 saturated carbocycles. The number of benzene rings is 2. The number of imide groups is 1. The molecule has 0 radical (unpaired) electrons. The molecule has 1 aliphatic rings. The van der Waals surface area contributed by atoms with Crippen molar-refractivity contribution in [2.75, 3.05) is 10.2 Å². The molecular formula is C16H13FN2O2. The topological polar surface area (TPSA) is 49.4 Å². The number of carbonyl (C=O) groups is 2. The molecular weight excluding hydrogens is 271 g/mol. The van der Waals surface area contributed by atoms with Crippen LogP contribution in [0, 0.1) is 5.82 Å². The summed E-state index contributed by atoms with van der Waals surface area (Å²) < 4.78 is 13.8. The summed E-state index contributed by atoms with van der Waals surface area (Å²) in [7, 11) is 0. The van der Waals surface area contributed by atoms with E-state index >= 15 is 0 Å². The van der Waals surface area contributed by atoms with Crippen LogP contribution in [0.3, 0.4) is 0 Å². The molecule has 2 aromatic carbocycles. The van der Waals surface area contributed by atoms with E-state index in [1.165, 1.54) is 18.2 Å². The van der Waals surface area contributed by atoms with E-state index in [0.717, 1.165) is 10.6 Å². The van der Waals surface area contributed by atoms with Crippen molar-refractivity contribution in [2.45, 2.75) is 12.5 Å². The van der Waals surface area contributed by atoms with Crippen LogP contribution in [-0.2, 0) is 9.59 Å². The van der Waals surface area contributed by atoms with Crippen molar-refractivity contribution in [1.29, 1.82) is 0 Å². The number of hydrogen-bond acceptors (Lipinski definition) is 3. The lowest BCUT2D eigenvalue weighted by molar-refractivity contribution is -0.121. The normalized spacial score (nSPS) is 18.1. The Hall–Kier alpha value is -2.69. The van der Waals surface area contributed by atoms with Crippen molar-refractivity contribution in [2.24, 2.45) is 0 Å². The van der Waals surface area contributed by atoms with Crippen LogP contribution < -0.4 is 10.2 Å². The van der Waals surface area contributed by atoms with E-state index in [1.807, 2.05) is 30.3 Å². The zero-order chi connectivity index (χ0) is 14.8. The lowest BCUT2D eigenvalue weighted by Crippen LogP contribution is -2.35. The fourth-order valence-electron chi connectivity index (χ4n) is 2.37. The first kappa shape index (κ1) is 13.3. The molecule has 106 valence electrons. The fourth-order valence-corrected chi connectivity index (χ4v) is 2.37. The summed E-state index contributed by atoms with van der Waals surface area (Å²) in [6.45, 7) is 0. The van der Waals surface area contributed by atoms with Gasteiger partial charge in [-0.2, -0.15) is 0 Å². The van der Waals surface area contributed by atoms with E-state index in [0.29, 0.717) is 0 Å². The highest BCUT2D eigenvalue weighted by Gasteiger charge is 2.40. The maximum absolute atomic E-state index is 13.8. The number of halogens is 1. The monoisotopic (exact) mass is 284 g/mol. The van der Waals surface area contributed by atoms with Gasteiger partial charge >= 0.3 is 0 Å². The van der Waals surface area contributed by atoms with Crippen molar-refractivity contribution in [3.05, 3.63) is 60.4 Å². The Morgan fingerprint density at radius 2 is 1.67 bits per heavy atom. The molecule has 0 unspecified atom stereocenters. The Balaban J connectivity index is 1.84. The summed E-state index contributed by atoms with van der Waals surface area (Å²) in [5, 5.41) is 3.01. The average Bonchev–Trinajstić information content (AvgIpc) is 2.76. The number of para-hydroxylation sites is 2. The fraction of sp³-hybridized carbons (Fsp3) is 0.125. The van der Waals surface area contributed by atoms with Gasteiger partial charge in [0.2, 0.25) is 5.91 Å². The van der Waals surface area contributed by atoms with Crippen LogP contribution in [0.25, 0.3) is 0 Å². The van der Waals surface area contributed by atoms with Gasteiger partial charge in [0.05, 0.1) is 12.1 Å². The number of nitrogens with one attached hydrogen (secondary N) is 1. The van der Waals surface area contributed by atoms with Gasteiger partial charge in [-0.1, -0.05) is 30.3 Å². The van der Waals surface area contributed by atoms with Crippen LogP contribution >= 0.6 is 0 Å². The SMILES string of the molecule is O=C1C[C@H](Nc2ccccc2)C(=O)N1c1ccccc1F.